The molecular formula is C30H44O8. The number of hydrogen-bond acceptors (Lipinski definition) is 8. The van der Waals surface area contributed by atoms with Gasteiger partial charge in [0.25, 0.3) is 0 Å². The molecule has 2 aromatic rings. The summed E-state index contributed by atoms with van der Waals surface area (Å²) in [6, 6.07) is 17.1. The Hall–Kier alpha value is -2.20. The Balaban J connectivity index is 1.48. The van der Waals surface area contributed by atoms with Gasteiger partial charge in [-0.25, -0.2) is 0 Å². The van der Waals surface area contributed by atoms with Gasteiger partial charge in [0.05, 0.1) is 66.1 Å². The van der Waals surface area contributed by atoms with E-state index in [1.165, 1.54) is 30.4 Å². The van der Waals surface area contributed by atoms with E-state index in [1.54, 1.807) is 0 Å². The third kappa shape index (κ3) is 10.2. The van der Waals surface area contributed by atoms with Crippen LogP contribution in [0.5, 0.6) is 11.5 Å². The summed E-state index contributed by atoms with van der Waals surface area (Å²) in [5, 5.41) is 17.4. The predicted molar refractivity (Wildman–Crippen MR) is 145 cm³/mol. The van der Waals surface area contributed by atoms with Crippen molar-refractivity contribution in [3.05, 3.63) is 59.7 Å². The molecule has 1 saturated carbocycles. The zero-order valence-electron chi connectivity index (χ0n) is 22.5. The molecule has 0 aromatic heterocycles. The molecule has 38 heavy (non-hydrogen) atoms. The van der Waals surface area contributed by atoms with Crippen LogP contribution in [-0.4, -0.2) is 89.5 Å². The highest BCUT2D eigenvalue weighted by molar-refractivity contribution is 5.43. The van der Waals surface area contributed by atoms with Gasteiger partial charge in [0.15, 0.2) is 0 Å². The molecule has 2 aromatic carbocycles. The van der Waals surface area contributed by atoms with Crippen molar-refractivity contribution in [2.45, 2.75) is 37.5 Å². The minimum Gasteiger partial charge on any atom is -0.491 e. The average molecular weight is 533 g/mol. The summed E-state index contributed by atoms with van der Waals surface area (Å²) >= 11 is 0. The maximum Gasteiger partial charge on any atom is 0.119 e. The van der Waals surface area contributed by atoms with Crippen molar-refractivity contribution < 1.29 is 38.6 Å². The minimum absolute atomic E-state index is 0.00463. The molecule has 8 nitrogen and oxygen atoms in total. The fraction of sp³-hybridized carbons (Fsp3) is 0.600. The third-order valence-corrected chi connectivity index (χ3v) is 6.73. The Morgan fingerprint density at radius 1 is 0.474 bits per heavy atom. The number of hydrogen-bond donors (Lipinski definition) is 2. The molecule has 212 valence electrons. The van der Waals surface area contributed by atoms with Gasteiger partial charge in [0, 0.05) is 5.41 Å². The van der Waals surface area contributed by atoms with E-state index in [0.717, 1.165) is 24.3 Å². The van der Waals surface area contributed by atoms with Crippen molar-refractivity contribution in [3.63, 3.8) is 0 Å². The average Bonchev–Trinajstić information content (AvgIpc) is 2.97. The Kier molecular flexibility index (Phi) is 14.5. The first-order valence-electron chi connectivity index (χ1n) is 13.8. The molecule has 1 fully saturated rings. The largest absolute Gasteiger partial charge is 0.491 e. The minimum atomic E-state index is 0.00463. The fourth-order valence-electron chi connectivity index (χ4n) is 4.85. The van der Waals surface area contributed by atoms with E-state index in [4.69, 9.17) is 38.6 Å². The Labute approximate surface area is 226 Å². The Bertz CT molecular complexity index is 784. The number of rotatable bonds is 20. The summed E-state index contributed by atoms with van der Waals surface area (Å²) in [6.07, 6.45) is 5.97. The van der Waals surface area contributed by atoms with Crippen LogP contribution in [0.15, 0.2) is 48.5 Å². The van der Waals surface area contributed by atoms with Gasteiger partial charge >= 0.3 is 0 Å². The van der Waals surface area contributed by atoms with Gasteiger partial charge in [-0.3, -0.25) is 0 Å². The Morgan fingerprint density at radius 3 is 1.24 bits per heavy atom. The van der Waals surface area contributed by atoms with Gasteiger partial charge in [-0.15, -0.1) is 0 Å². The standard InChI is InChI=1S/C30H44O8/c31-14-16-33-18-20-35-22-24-37-28-8-4-26(5-9-28)30(12-2-1-3-13-30)27-6-10-29(11-7-27)38-25-23-36-21-19-34-17-15-32/h4-11,31-32H,1-3,12-25H2. The topological polar surface area (TPSA) is 95.8 Å². The van der Waals surface area contributed by atoms with Crippen LogP contribution in [0.3, 0.4) is 0 Å². The fourth-order valence-corrected chi connectivity index (χ4v) is 4.85. The van der Waals surface area contributed by atoms with E-state index in [9.17, 15) is 0 Å². The normalized spacial score (nSPS) is 14.9. The highest BCUT2D eigenvalue weighted by atomic mass is 16.6. The molecule has 8 heteroatoms. The van der Waals surface area contributed by atoms with Gasteiger partial charge in [-0.2, -0.15) is 0 Å². The first kappa shape index (κ1) is 30.3. The lowest BCUT2D eigenvalue weighted by Gasteiger charge is -2.38. The monoisotopic (exact) mass is 532 g/mol. The van der Waals surface area contributed by atoms with Gasteiger partial charge in [-0.05, 0) is 48.2 Å². The molecule has 0 unspecified atom stereocenters. The maximum absolute atomic E-state index is 8.69. The SMILES string of the molecule is OCCOCCOCCOc1ccc(C2(c3ccc(OCCOCCOCCO)cc3)CCCCC2)cc1. The van der Waals surface area contributed by atoms with Crippen molar-refractivity contribution in [2.24, 2.45) is 0 Å². The quantitative estimate of drug-likeness (QED) is 0.249. The van der Waals surface area contributed by atoms with E-state index >= 15 is 0 Å². The van der Waals surface area contributed by atoms with Crippen LogP contribution in [0.4, 0.5) is 0 Å². The number of ether oxygens (including phenoxy) is 6. The second-order valence-electron chi connectivity index (χ2n) is 9.29. The molecule has 2 N–H and O–H groups in total. The van der Waals surface area contributed by atoms with Crippen molar-refractivity contribution in [1.82, 2.24) is 0 Å². The van der Waals surface area contributed by atoms with E-state index < -0.39 is 0 Å². The van der Waals surface area contributed by atoms with Crippen LogP contribution in [0.2, 0.25) is 0 Å². The molecule has 0 amide bonds. The summed E-state index contributed by atoms with van der Waals surface area (Å²) in [4.78, 5) is 0. The molecule has 0 spiro atoms. The van der Waals surface area contributed by atoms with E-state index in [1.807, 2.05) is 0 Å². The smallest absolute Gasteiger partial charge is 0.119 e. The molecule has 0 bridgehead atoms. The molecule has 3 rings (SSSR count). The predicted octanol–water partition coefficient (Wildman–Crippen LogP) is 3.75. The Morgan fingerprint density at radius 2 is 0.842 bits per heavy atom. The second-order valence-corrected chi connectivity index (χ2v) is 9.29. The molecule has 0 heterocycles. The van der Waals surface area contributed by atoms with Crippen molar-refractivity contribution in [2.75, 3.05) is 79.3 Å². The van der Waals surface area contributed by atoms with Crippen LogP contribution >= 0.6 is 0 Å². The lowest BCUT2D eigenvalue weighted by molar-refractivity contribution is 0.0247. The van der Waals surface area contributed by atoms with Gasteiger partial charge in [0.1, 0.15) is 24.7 Å². The summed E-state index contributed by atoms with van der Waals surface area (Å²) in [5.41, 5.74) is 2.66. The van der Waals surface area contributed by atoms with Crippen LogP contribution in [0, 0.1) is 0 Å². The summed E-state index contributed by atoms with van der Waals surface area (Å²) in [5.74, 6) is 1.68. The van der Waals surface area contributed by atoms with Gasteiger partial charge in [-0.1, -0.05) is 43.5 Å². The maximum atomic E-state index is 8.69. The van der Waals surface area contributed by atoms with Crippen molar-refractivity contribution >= 4 is 0 Å². The zero-order valence-corrected chi connectivity index (χ0v) is 22.5. The second kappa shape index (κ2) is 18.2. The van der Waals surface area contributed by atoms with Crippen LogP contribution in [0.1, 0.15) is 43.2 Å². The van der Waals surface area contributed by atoms with Crippen molar-refractivity contribution in [3.8, 4) is 11.5 Å². The molecule has 1 aliphatic carbocycles. The summed E-state index contributed by atoms with van der Waals surface area (Å²) < 4.78 is 33.1. The molecular weight excluding hydrogens is 488 g/mol. The lowest BCUT2D eigenvalue weighted by atomic mass is 9.65. The molecule has 1 aliphatic rings. The van der Waals surface area contributed by atoms with Crippen LogP contribution in [-0.2, 0) is 24.4 Å². The molecule has 0 saturated heterocycles. The highest BCUT2D eigenvalue weighted by Gasteiger charge is 2.35. The summed E-state index contributed by atoms with van der Waals surface area (Å²) in [6.45, 7) is 4.61. The first-order valence-corrected chi connectivity index (χ1v) is 13.8. The highest BCUT2D eigenvalue weighted by Crippen LogP contribution is 2.45. The molecule has 0 atom stereocenters. The van der Waals surface area contributed by atoms with E-state index in [2.05, 4.69) is 48.5 Å². The van der Waals surface area contributed by atoms with Crippen LogP contribution in [0.25, 0.3) is 0 Å². The number of aliphatic hydroxyl groups is 2. The van der Waals surface area contributed by atoms with Gasteiger partial charge < -0.3 is 38.6 Å². The van der Waals surface area contributed by atoms with Gasteiger partial charge in [0.2, 0.25) is 0 Å². The number of benzene rings is 2. The lowest BCUT2D eigenvalue weighted by Crippen LogP contribution is -2.30. The van der Waals surface area contributed by atoms with E-state index in [-0.39, 0.29) is 18.6 Å². The van der Waals surface area contributed by atoms with Crippen LogP contribution < -0.4 is 9.47 Å². The van der Waals surface area contributed by atoms with E-state index in [0.29, 0.717) is 66.1 Å². The first-order chi connectivity index (χ1) is 18.8. The summed E-state index contributed by atoms with van der Waals surface area (Å²) in [7, 11) is 0. The third-order valence-electron chi connectivity index (χ3n) is 6.73. The zero-order chi connectivity index (χ0) is 26.7. The molecule has 0 radical (unpaired) electrons. The van der Waals surface area contributed by atoms with Crippen molar-refractivity contribution in [1.29, 1.82) is 0 Å². The molecule has 0 aliphatic heterocycles. The number of aliphatic hydroxyl groups excluding tert-OH is 2.